The molecule has 4 nitrogen and oxygen atoms in total. The van der Waals surface area contributed by atoms with Crippen LogP contribution in [0.1, 0.15) is 34.3 Å². The number of aryl methyl sites for hydroxylation is 1. The molecule has 0 saturated carbocycles. The molecule has 152 valence electrons. The number of anilines is 1. The number of aliphatic hydroxyl groups is 1. The highest BCUT2D eigenvalue weighted by atomic mass is 79.9. The lowest BCUT2D eigenvalue weighted by Gasteiger charge is -2.23. The largest absolute Gasteiger partial charge is 0.375 e. The molecular formula is C25H22BrNO3. The summed E-state index contributed by atoms with van der Waals surface area (Å²) >= 11 is 3.35. The highest BCUT2D eigenvalue weighted by molar-refractivity contribution is 9.10. The Morgan fingerprint density at radius 3 is 2.33 bits per heavy atom. The van der Waals surface area contributed by atoms with Crippen molar-refractivity contribution in [3.05, 3.63) is 100 Å². The Hall–Kier alpha value is -2.76. The van der Waals surface area contributed by atoms with Crippen molar-refractivity contribution in [3.63, 3.8) is 0 Å². The lowest BCUT2D eigenvalue weighted by Crippen LogP contribution is -2.42. The average molecular weight is 464 g/mol. The third-order valence-electron chi connectivity index (χ3n) is 5.51. The lowest BCUT2D eigenvalue weighted by atomic mass is 9.88. The van der Waals surface area contributed by atoms with E-state index in [0.29, 0.717) is 23.4 Å². The molecule has 3 aromatic carbocycles. The van der Waals surface area contributed by atoms with Gasteiger partial charge in [-0.25, -0.2) is 0 Å². The molecule has 1 aliphatic rings. The van der Waals surface area contributed by atoms with Gasteiger partial charge in [0.1, 0.15) is 0 Å². The number of carbonyl (C=O) groups excluding carboxylic acids is 2. The first-order valence-corrected chi connectivity index (χ1v) is 10.7. The van der Waals surface area contributed by atoms with Crippen molar-refractivity contribution < 1.29 is 14.7 Å². The smallest absolute Gasteiger partial charge is 0.264 e. The fourth-order valence-electron chi connectivity index (χ4n) is 3.96. The van der Waals surface area contributed by atoms with Gasteiger partial charge in [0, 0.05) is 22.1 Å². The van der Waals surface area contributed by atoms with Gasteiger partial charge in [-0.3, -0.25) is 9.59 Å². The van der Waals surface area contributed by atoms with Crippen LogP contribution in [0.15, 0.2) is 83.3 Å². The van der Waals surface area contributed by atoms with Crippen LogP contribution in [0.3, 0.4) is 0 Å². The van der Waals surface area contributed by atoms with Crippen molar-refractivity contribution in [2.75, 3.05) is 11.4 Å². The van der Waals surface area contributed by atoms with E-state index in [0.717, 1.165) is 17.3 Å². The van der Waals surface area contributed by atoms with Crippen LogP contribution in [0.25, 0.3) is 0 Å². The molecule has 0 radical (unpaired) electrons. The zero-order chi connectivity index (χ0) is 21.1. The van der Waals surface area contributed by atoms with E-state index in [2.05, 4.69) is 28.1 Å². The first kappa shape index (κ1) is 20.5. The zero-order valence-corrected chi connectivity index (χ0v) is 18.0. The normalized spacial score (nSPS) is 17.8. The van der Waals surface area contributed by atoms with Crippen LogP contribution < -0.4 is 4.90 Å². The van der Waals surface area contributed by atoms with Gasteiger partial charge in [0.05, 0.1) is 12.1 Å². The van der Waals surface area contributed by atoms with Crippen molar-refractivity contribution >= 4 is 33.3 Å². The summed E-state index contributed by atoms with van der Waals surface area (Å²) in [7, 11) is 0. The predicted molar refractivity (Wildman–Crippen MR) is 121 cm³/mol. The quantitative estimate of drug-likeness (QED) is 0.507. The van der Waals surface area contributed by atoms with E-state index < -0.39 is 11.5 Å². The van der Waals surface area contributed by atoms with E-state index in [-0.39, 0.29) is 12.2 Å². The molecule has 1 amide bonds. The monoisotopic (exact) mass is 463 g/mol. The number of Topliss-reactive ketones (excluding diaryl/α,β-unsaturated/α-hetero) is 1. The molecule has 0 aromatic heterocycles. The Morgan fingerprint density at radius 2 is 1.60 bits per heavy atom. The predicted octanol–water partition coefficient (Wildman–Crippen LogP) is 4.89. The molecule has 5 heteroatoms. The number of para-hydroxylation sites is 1. The van der Waals surface area contributed by atoms with Crippen molar-refractivity contribution in [3.8, 4) is 0 Å². The highest BCUT2D eigenvalue weighted by Crippen LogP contribution is 2.43. The average Bonchev–Trinajstić information content (AvgIpc) is 2.97. The third-order valence-corrected chi connectivity index (χ3v) is 6.04. The maximum atomic E-state index is 13.3. The number of amides is 1. The molecule has 1 N–H and O–H groups in total. The van der Waals surface area contributed by atoms with E-state index in [1.165, 1.54) is 5.56 Å². The Bertz CT molecular complexity index is 1070. The molecule has 30 heavy (non-hydrogen) atoms. The van der Waals surface area contributed by atoms with Gasteiger partial charge >= 0.3 is 0 Å². The van der Waals surface area contributed by atoms with E-state index in [1.807, 2.05) is 30.3 Å². The molecule has 4 rings (SSSR count). The molecule has 0 fully saturated rings. The van der Waals surface area contributed by atoms with Crippen LogP contribution in [-0.4, -0.2) is 23.3 Å². The van der Waals surface area contributed by atoms with Gasteiger partial charge in [-0.1, -0.05) is 76.6 Å². The Balaban J connectivity index is 1.54. The number of halogens is 1. The minimum absolute atomic E-state index is 0.265. The van der Waals surface area contributed by atoms with E-state index in [9.17, 15) is 14.7 Å². The van der Waals surface area contributed by atoms with Crippen molar-refractivity contribution in [2.24, 2.45) is 0 Å². The summed E-state index contributed by atoms with van der Waals surface area (Å²) in [6.45, 7) is 0.486. The van der Waals surface area contributed by atoms with Crippen LogP contribution in [0.5, 0.6) is 0 Å². The van der Waals surface area contributed by atoms with Gasteiger partial charge in [0.15, 0.2) is 11.4 Å². The molecule has 1 unspecified atom stereocenters. The fraction of sp³-hybridized carbons (Fsp3) is 0.200. The summed E-state index contributed by atoms with van der Waals surface area (Å²) in [6.07, 6.45) is 1.32. The molecular weight excluding hydrogens is 442 g/mol. The van der Waals surface area contributed by atoms with Crippen LogP contribution in [0.2, 0.25) is 0 Å². The second-order valence-corrected chi connectivity index (χ2v) is 8.45. The van der Waals surface area contributed by atoms with Crippen LogP contribution in [0, 0.1) is 0 Å². The molecule has 1 aliphatic heterocycles. The SMILES string of the molecule is O=C(CC1(O)C(=O)N(CCCc2ccccc2)c2ccccc21)c1ccc(Br)cc1. The minimum atomic E-state index is -1.84. The van der Waals surface area contributed by atoms with Crippen molar-refractivity contribution in [1.82, 2.24) is 0 Å². The lowest BCUT2D eigenvalue weighted by molar-refractivity contribution is -0.135. The minimum Gasteiger partial charge on any atom is -0.375 e. The Kier molecular flexibility index (Phi) is 5.84. The maximum absolute atomic E-state index is 13.3. The van der Waals surface area contributed by atoms with Gasteiger partial charge in [0.2, 0.25) is 0 Å². The first-order chi connectivity index (χ1) is 14.5. The number of hydrogen-bond donors (Lipinski definition) is 1. The second-order valence-electron chi connectivity index (χ2n) is 7.53. The first-order valence-electron chi connectivity index (χ1n) is 9.95. The number of fused-ring (bicyclic) bond motifs is 1. The molecule has 1 atom stereocenters. The van der Waals surface area contributed by atoms with Crippen molar-refractivity contribution in [1.29, 1.82) is 0 Å². The summed E-state index contributed by atoms with van der Waals surface area (Å²) in [4.78, 5) is 27.7. The zero-order valence-electron chi connectivity index (χ0n) is 16.4. The molecule has 0 aliphatic carbocycles. The molecule has 0 bridgehead atoms. The standard InChI is InChI=1S/C25H22BrNO3/c26-20-14-12-19(13-15-20)23(28)17-25(30)21-10-4-5-11-22(21)27(24(25)29)16-6-9-18-7-2-1-3-8-18/h1-5,7-8,10-15,30H,6,9,16-17H2. The van der Waals surface area contributed by atoms with E-state index >= 15 is 0 Å². The Morgan fingerprint density at radius 1 is 0.933 bits per heavy atom. The summed E-state index contributed by atoms with van der Waals surface area (Å²) in [5, 5.41) is 11.4. The molecule has 3 aromatic rings. The topological polar surface area (TPSA) is 57.6 Å². The van der Waals surface area contributed by atoms with E-state index in [1.54, 1.807) is 41.3 Å². The number of benzene rings is 3. The van der Waals surface area contributed by atoms with E-state index in [4.69, 9.17) is 0 Å². The van der Waals surface area contributed by atoms with Crippen LogP contribution >= 0.6 is 15.9 Å². The van der Waals surface area contributed by atoms with Gasteiger partial charge in [-0.15, -0.1) is 0 Å². The van der Waals surface area contributed by atoms with Crippen molar-refractivity contribution in [2.45, 2.75) is 24.9 Å². The number of ketones is 1. The number of rotatable bonds is 7. The second kappa shape index (κ2) is 8.54. The number of nitrogens with zero attached hydrogens (tertiary/aromatic N) is 1. The molecule has 0 spiro atoms. The van der Waals surface area contributed by atoms with Gasteiger partial charge < -0.3 is 10.0 Å². The maximum Gasteiger partial charge on any atom is 0.264 e. The highest BCUT2D eigenvalue weighted by Gasteiger charge is 2.50. The van der Waals surface area contributed by atoms with Gasteiger partial charge in [-0.05, 0) is 36.6 Å². The number of carbonyl (C=O) groups is 2. The number of hydrogen-bond acceptors (Lipinski definition) is 3. The van der Waals surface area contributed by atoms with Crippen LogP contribution in [-0.2, 0) is 16.8 Å². The van der Waals surface area contributed by atoms with Gasteiger partial charge in [-0.2, -0.15) is 0 Å². The molecule has 1 heterocycles. The summed E-state index contributed by atoms with van der Waals surface area (Å²) in [6, 6.07) is 24.2. The van der Waals surface area contributed by atoms with Crippen LogP contribution in [0.4, 0.5) is 5.69 Å². The third kappa shape index (κ3) is 3.95. The summed E-state index contributed by atoms with van der Waals surface area (Å²) < 4.78 is 0.865. The van der Waals surface area contributed by atoms with Gasteiger partial charge in [0.25, 0.3) is 5.91 Å². The summed E-state index contributed by atoms with van der Waals surface area (Å²) in [5.74, 6) is -0.693. The summed E-state index contributed by atoms with van der Waals surface area (Å²) in [5.41, 5.74) is 1.02. The Labute approximate surface area is 184 Å². The fourth-order valence-corrected chi connectivity index (χ4v) is 4.22. The molecule has 0 saturated heterocycles.